The lowest BCUT2D eigenvalue weighted by Gasteiger charge is -2.33. The van der Waals surface area contributed by atoms with Gasteiger partial charge in [-0.2, -0.15) is 0 Å². The highest BCUT2D eigenvalue weighted by atomic mass is 16.2. The number of amides is 2. The maximum Gasteiger partial charge on any atom is 0.222 e. The Morgan fingerprint density at radius 3 is 2.26 bits per heavy atom. The van der Waals surface area contributed by atoms with Crippen LogP contribution in [0.5, 0.6) is 0 Å². The minimum atomic E-state index is -0.104. The van der Waals surface area contributed by atoms with Crippen molar-refractivity contribution in [3.63, 3.8) is 0 Å². The van der Waals surface area contributed by atoms with E-state index in [-0.39, 0.29) is 23.9 Å². The lowest BCUT2D eigenvalue weighted by Crippen LogP contribution is -2.47. The zero-order valence-electron chi connectivity index (χ0n) is 12.3. The Labute approximate surface area is 115 Å². The monoisotopic (exact) mass is 269 g/mol. The summed E-state index contributed by atoms with van der Waals surface area (Å²) in [6.45, 7) is 7.42. The van der Waals surface area contributed by atoms with E-state index in [1.807, 2.05) is 11.8 Å². The van der Waals surface area contributed by atoms with Gasteiger partial charge in [0.05, 0.1) is 0 Å². The van der Waals surface area contributed by atoms with Gasteiger partial charge in [-0.15, -0.1) is 0 Å². The number of nitrogens with two attached hydrogens (primary N) is 1. The van der Waals surface area contributed by atoms with E-state index < -0.39 is 0 Å². The average Bonchev–Trinajstić information content (AvgIpc) is 2.27. The molecule has 0 aliphatic carbocycles. The van der Waals surface area contributed by atoms with Crippen LogP contribution in [0.4, 0.5) is 0 Å². The van der Waals surface area contributed by atoms with Crippen molar-refractivity contribution in [3.05, 3.63) is 0 Å². The molecule has 1 fully saturated rings. The topological polar surface area (TPSA) is 75.4 Å². The molecular formula is C14H27N3O2. The molecule has 1 aliphatic heterocycles. The molecule has 1 rings (SSSR count). The van der Waals surface area contributed by atoms with Crippen LogP contribution in [0.3, 0.4) is 0 Å². The molecule has 0 bridgehead atoms. The molecule has 0 aromatic heterocycles. The highest BCUT2D eigenvalue weighted by Gasteiger charge is 2.24. The summed E-state index contributed by atoms with van der Waals surface area (Å²) in [5.74, 6) is 0.647. The number of carbonyl (C=O) groups excluding carboxylic acids is 2. The van der Waals surface area contributed by atoms with Crippen LogP contribution in [-0.4, -0.2) is 41.9 Å². The van der Waals surface area contributed by atoms with Crippen LogP contribution in [0.2, 0.25) is 0 Å². The van der Waals surface area contributed by atoms with E-state index in [9.17, 15) is 9.59 Å². The van der Waals surface area contributed by atoms with E-state index >= 15 is 0 Å². The van der Waals surface area contributed by atoms with Gasteiger partial charge in [0.25, 0.3) is 0 Å². The van der Waals surface area contributed by atoms with Gasteiger partial charge in [0.1, 0.15) is 0 Å². The number of nitrogens with zero attached hydrogens (tertiary/aromatic N) is 1. The first-order valence-corrected chi connectivity index (χ1v) is 7.21. The van der Waals surface area contributed by atoms with Crippen LogP contribution in [0, 0.1) is 5.92 Å². The van der Waals surface area contributed by atoms with Crippen LogP contribution in [0.1, 0.15) is 46.5 Å². The van der Waals surface area contributed by atoms with Crippen molar-refractivity contribution in [2.75, 3.05) is 13.1 Å². The molecule has 0 saturated carbocycles. The molecule has 0 aromatic carbocycles. The number of piperidine rings is 1. The summed E-state index contributed by atoms with van der Waals surface area (Å²) in [5, 5.41) is 2.99. The van der Waals surface area contributed by atoms with Crippen molar-refractivity contribution in [2.24, 2.45) is 11.7 Å². The lowest BCUT2D eigenvalue weighted by atomic mass is 10.0. The first kappa shape index (κ1) is 16.0. The molecule has 19 heavy (non-hydrogen) atoms. The quantitative estimate of drug-likeness (QED) is 0.778. The number of rotatable bonds is 5. The zero-order chi connectivity index (χ0) is 14.4. The third kappa shape index (κ3) is 6.05. The number of nitrogens with one attached hydrogen (secondary N) is 1. The Morgan fingerprint density at radius 2 is 1.79 bits per heavy atom. The molecule has 3 N–H and O–H groups in total. The minimum absolute atomic E-state index is 0.0157. The fourth-order valence-electron chi connectivity index (χ4n) is 2.33. The van der Waals surface area contributed by atoms with Crippen molar-refractivity contribution in [1.82, 2.24) is 10.2 Å². The van der Waals surface area contributed by atoms with Crippen molar-refractivity contribution >= 4 is 11.8 Å². The van der Waals surface area contributed by atoms with E-state index in [0.29, 0.717) is 18.8 Å². The first-order chi connectivity index (χ1) is 8.88. The summed E-state index contributed by atoms with van der Waals surface area (Å²) in [7, 11) is 0. The molecular weight excluding hydrogens is 242 g/mol. The summed E-state index contributed by atoms with van der Waals surface area (Å²) in [5.41, 5.74) is 5.59. The molecule has 1 aliphatic rings. The summed E-state index contributed by atoms with van der Waals surface area (Å²) in [4.78, 5) is 25.4. The van der Waals surface area contributed by atoms with Gasteiger partial charge < -0.3 is 16.0 Å². The molecule has 0 aromatic rings. The summed E-state index contributed by atoms with van der Waals surface area (Å²) >= 11 is 0. The molecule has 2 amide bonds. The molecule has 1 unspecified atom stereocenters. The molecule has 110 valence electrons. The minimum Gasteiger partial charge on any atom is -0.353 e. The van der Waals surface area contributed by atoms with Gasteiger partial charge in [0, 0.05) is 38.0 Å². The van der Waals surface area contributed by atoms with Gasteiger partial charge in [-0.3, -0.25) is 9.59 Å². The van der Waals surface area contributed by atoms with Gasteiger partial charge in [-0.05, 0) is 25.7 Å². The number of hydrogen-bond acceptors (Lipinski definition) is 3. The van der Waals surface area contributed by atoms with E-state index in [0.717, 1.165) is 25.9 Å². The van der Waals surface area contributed by atoms with Gasteiger partial charge >= 0.3 is 0 Å². The smallest absolute Gasteiger partial charge is 0.222 e. The van der Waals surface area contributed by atoms with Crippen LogP contribution >= 0.6 is 0 Å². The Bertz CT molecular complexity index is 308. The number of hydrogen-bond donors (Lipinski definition) is 2. The lowest BCUT2D eigenvalue weighted by molar-refractivity contribution is -0.133. The Hall–Kier alpha value is -1.10. The number of carbonyl (C=O) groups is 2. The molecule has 1 saturated heterocycles. The third-order valence-corrected chi connectivity index (χ3v) is 3.30. The summed E-state index contributed by atoms with van der Waals surface area (Å²) < 4.78 is 0. The van der Waals surface area contributed by atoms with E-state index in [1.54, 1.807) is 0 Å². The fourth-order valence-corrected chi connectivity index (χ4v) is 2.33. The second-order valence-corrected chi connectivity index (χ2v) is 6.00. The second-order valence-electron chi connectivity index (χ2n) is 6.00. The predicted octanol–water partition coefficient (Wildman–Crippen LogP) is 0.877. The molecule has 5 nitrogen and oxygen atoms in total. The average molecular weight is 269 g/mol. The first-order valence-electron chi connectivity index (χ1n) is 7.21. The third-order valence-electron chi connectivity index (χ3n) is 3.30. The summed E-state index contributed by atoms with van der Waals surface area (Å²) in [6.07, 6.45) is 2.66. The highest BCUT2D eigenvalue weighted by Crippen LogP contribution is 2.13. The Kier molecular flexibility index (Phi) is 6.28. The van der Waals surface area contributed by atoms with Crippen LogP contribution in [0.15, 0.2) is 0 Å². The molecule has 1 heterocycles. The van der Waals surface area contributed by atoms with Crippen molar-refractivity contribution in [1.29, 1.82) is 0 Å². The van der Waals surface area contributed by atoms with E-state index in [1.165, 1.54) is 0 Å². The Morgan fingerprint density at radius 1 is 1.21 bits per heavy atom. The van der Waals surface area contributed by atoms with Crippen LogP contribution in [-0.2, 0) is 9.59 Å². The van der Waals surface area contributed by atoms with Crippen molar-refractivity contribution < 1.29 is 9.59 Å². The zero-order valence-corrected chi connectivity index (χ0v) is 12.3. The Balaban J connectivity index is 2.29. The van der Waals surface area contributed by atoms with Crippen molar-refractivity contribution in [3.8, 4) is 0 Å². The second kappa shape index (κ2) is 7.48. The molecule has 0 radical (unpaired) electrons. The van der Waals surface area contributed by atoms with Gasteiger partial charge in [0.15, 0.2) is 0 Å². The van der Waals surface area contributed by atoms with Crippen molar-refractivity contribution in [2.45, 2.75) is 58.5 Å². The SMILES string of the molecule is CC(C)CC(=O)N1CCC(NC(=O)CC(C)N)CC1. The molecule has 0 spiro atoms. The van der Waals surface area contributed by atoms with Crippen LogP contribution in [0.25, 0.3) is 0 Å². The maximum atomic E-state index is 11.9. The number of likely N-dealkylation sites (tertiary alicyclic amines) is 1. The standard InChI is InChI=1S/C14H27N3O2/c1-10(2)8-14(19)17-6-4-12(5-7-17)16-13(18)9-11(3)15/h10-12H,4-9,15H2,1-3H3,(H,16,18). The molecule has 5 heteroatoms. The van der Waals surface area contributed by atoms with Gasteiger partial charge in [0.2, 0.25) is 11.8 Å². The highest BCUT2D eigenvalue weighted by molar-refractivity contribution is 5.77. The molecule has 1 atom stereocenters. The van der Waals surface area contributed by atoms with Gasteiger partial charge in [-0.25, -0.2) is 0 Å². The van der Waals surface area contributed by atoms with Crippen LogP contribution < -0.4 is 11.1 Å². The fraction of sp³-hybridized carbons (Fsp3) is 0.857. The largest absolute Gasteiger partial charge is 0.353 e. The van der Waals surface area contributed by atoms with E-state index in [4.69, 9.17) is 5.73 Å². The maximum absolute atomic E-state index is 11.9. The van der Waals surface area contributed by atoms with E-state index in [2.05, 4.69) is 19.2 Å². The van der Waals surface area contributed by atoms with Gasteiger partial charge in [-0.1, -0.05) is 13.8 Å². The summed E-state index contributed by atoms with van der Waals surface area (Å²) in [6, 6.07) is 0.0852. The normalized spacial score (nSPS) is 18.5. The predicted molar refractivity (Wildman–Crippen MR) is 75.5 cm³/mol.